The van der Waals surface area contributed by atoms with Gasteiger partial charge in [0.25, 0.3) is 0 Å². The topological polar surface area (TPSA) is 39.4 Å². The third-order valence-corrected chi connectivity index (χ3v) is 3.70. The van der Waals surface area contributed by atoms with Crippen LogP contribution < -0.4 is 10.2 Å². The highest BCUT2D eigenvalue weighted by Crippen LogP contribution is 2.27. The summed E-state index contributed by atoms with van der Waals surface area (Å²) in [5.74, 6) is 0.209. The summed E-state index contributed by atoms with van der Waals surface area (Å²) >= 11 is 5.76. The van der Waals surface area contributed by atoms with E-state index in [1.54, 1.807) is 37.3 Å². The molecule has 0 saturated heterocycles. The lowest BCUT2D eigenvalue weighted by Crippen LogP contribution is -2.04. The molecule has 0 radical (unpaired) electrons. The molecule has 0 fully saturated rings. The molecule has 0 aliphatic rings. The van der Waals surface area contributed by atoms with Crippen LogP contribution in [0.4, 0.5) is 4.39 Å². The molecule has 0 bridgehead atoms. The molecule has 0 aliphatic heterocycles. The average molecular weight is 319 g/mol. The van der Waals surface area contributed by atoms with Gasteiger partial charge in [0.05, 0.1) is 5.39 Å². The molecule has 0 spiro atoms. The summed E-state index contributed by atoms with van der Waals surface area (Å²) in [5.41, 5.74) is 1.26. The van der Waals surface area contributed by atoms with Crippen molar-refractivity contribution in [1.82, 2.24) is 0 Å². The van der Waals surface area contributed by atoms with E-state index < -0.39 is 0 Å². The largest absolute Gasteiger partial charge is 0.488 e. The Morgan fingerprint density at radius 2 is 2.00 bits per heavy atom. The van der Waals surface area contributed by atoms with Gasteiger partial charge in [-0.1, -0.05) is 29.8 Å². The SMILES string of the molecule is Cc1c(OCc2ccccc2F)ccc2c(=O)c(Cl)coc12. The molecule has 2 aromatic carbocycles. The van der Waals surface area contributed by atoms with Crippen LogP contribution in [0.5, 0.6) is 5.75 Å². The normalized spacial score (nSPS) is 10.9. The second kappa shape index (κ2) is 5.81. The third kappa shape index (κ3) is 2.57. The molecule has 0 atom stereocenters. The Balaban J connectivity index is 1.96. The van der Waals surface area contributed by atoms with Crippen LogP contribution in [0.25, 0.3) is 11.0 Å². The van der Waals surface area contributed by atoms with Crippen LogP contribution in [0.2, 0.25) is 5.02 Å². The monoisotopic (exact) mass is 318 g/mol. The minimum atomic E-state index is -0.320. The Morgan fingerprint density at radius 1 is 1.23 bits per heavy atom. The van der Waals surface area contributed by atoms with Crippen LogP contribution in [-0.2, 0) is 6.61 Å². The maximum atomic E-state index is 13.6. The lowest BCUT2D eigenvalue weighted by molar-refractivity contribution is 0.298. The fraction of sp³-hybridized carbons (Fsp3) is 0.118. The minimum absolute atomic E-state index is 0.0342. The van der Waals surface area contributed by atoms with E-state index in [-0.39, 0.29) is 22.9 Å². The quantitative estimate of drug-likeness (QED) is 0.715. The van der Waals surface area contributed by atoms with Crippen LogP contribution in [0.15, 0.2) is 51.9 Å². The molecule has 112 valence electrons. The summed E-state index contributed by atoms with van der Waals surface area (Å²) in [6.07, 6.45) is 1.21. The summed E-state index contributed by atoms with van der Waals surface area (Å²) in [4.78, 5) is 11.9. The van der Waals surface area contributed by atoms with Gasteiger partial charge in [-0.15, -0.1) is 0 Å². The van der Waals surface area contributed by atoms with Crippen molar-refractivity contribution in [3.63, 3.8) is 0 Å². The highest BCUT2D eigenvalue weighted by molar-refractivity contribution is 6.30. The summed E-state index contributed by atoms with van der Waals surface area (Å²) in [6, 6.07) is 9.66. The second-order valence-electron chi connectivity index (χ2n) is 4.86. The zero-order valence-corrected chi connectivity index (χ0v) is 12.5. The lowest BCUT2D eigenvalue weighted by Gasteiger charge is -2.11. The summed E-state index contributed by atoms with van der Waals surface area (Å²) < 4.78 is 24.6. The molecule has 3 nitrogen and oxygen atoms in total. The van der Waals surface area contributed by atoms with Crippen LogP contribution in [-0.4, -0.2) is 0 Å². The molecule has 1 heterocycles. The Hall–Kier alpha value is -2.33. The van der Waals surface area contributed by atoms with Crippen LogP contribution >= 0.6 is 11.6 Å². The minimum Gasteiger partial charge on any atom is -0.488 e. The molecule has 5 heteroatoms. The van der Waals surface area contributed by atoms with E-state index in [1.807, 2.05) is 0 Å². The summed E-state index contributed by atoms with van der Waals surface area (Å²) in [6.45, 7) is 1.87. The molecule has 22 heavy (non-hydrogen) atoms. The maximum absolute atomic E-state index is 13.6. The van der Waals surface area contributed by atoms with Crippen molar-refractivity contribution in [3.05, 3.63) is 74.9 Å². The van der Waals surface area contributed by atoms with Gasteiger partial charge in [-0.2, -0.15) is 0 Å². The van der Waals surface area contributed by atoms with Gasteiger partial charge in [-0.3, -0.25) is 4.79 Å². The first kappa shape index (κ1) is 14.6. The Morgan fingerprint density at radius 3 is 2.77 bits per heavy atom. The number of hydrogen-bond donors (Lipinski definition) is 0. The van der Waals surface area contributed by atoms with Crippen molar-refractivity contribution in [2.45, 2.75) is 13.5 Å². The number of hydrogen-bond acceptors (Lipinski definition) is 3. The van der Waals surface area contributed by atoms with Crippen molar-refractivity contribution >= 4 is 22.6 Å². The van der Waals surface area contributed by atoms with Crippen molar-refractivity contribution in [2.75, 3.05) is 0 Å². The van der Waals surface area contributed by atoms with Gasteiger partial charge in [0.2, 0.25) is 5.43 Å². The number of aryl methyl sites for hydroxylation is 1. The van der Waals surface area contributed by atoms with E-state index in [1.165, 1.54) is 12.3 Å². The van der Waals surface area contributed by atoms with Crippen LogP contribution in [0, 0.1) is 12.7 Å². The van der Waals surface area contributed by atoms with Crippen molar-refractivity contribution in [3.8, 4) is 5.75 Å². The van der Waals surface area contributed by atoms with Gasteiger partial charge in [-0.25, -0.2) is 4.39 Å². The molecule has 0 saturated carbocycles. The summed E-state index contributed by atoms with van der Waals surface area (Å²) in [5, 5.41) is 0.426. The van der Waals surface area contributed by atoms with Crippen molar-refractivity contribution in [1.29, 1.82) is 0 Å². The maximum Gasteiger partial charge on any atom is 0.211 e. The number of rotatable bonds is 3. The number of halogens is 2. The third-order valence-electron chi connectivity index (χ3n) is 3.44. The van der Waals surface area contributed by atoms with E-state index in [0.29, 0.717) is 27.8 Å². The standard InChI is InChI=1S/C17H12ClFO3/c1-10-15(21-8-11-4-2-3-5-14(11)19)7-6-12-16(20)13(18)9-22-17(10)12/h2-7,9H,8H2,1H3. The number of benzene rings is 2. The van der Waals surface area contributed by atoms with Gasteiger partial charge in [0.15, 0.2) is 0 Å². The fourth-order valence-electron chi connectivity index (χ4n) is 2.22. The van der Waals surface area contributed by atoms with E-state index in [4.69, 9.17) is 20.8 Å². The molecule has 0 amide bonds. The molecule has 3 aromatic rings. The first-order chi connectivity index (χ1) is 10.6. The zero-order chi connectivity index (χ0) is 15.7. The second-order valence-corrected chi connectivity index (χ2v) is 5.27. The lowest BCUT2D eigenvalue weighted by atomic mass is 10.1. The molecule has 1 aromatic heterocycles. The predicted molar refractivity (Wildman–Crippen MR) is 83.0 cm³/mol. The first-order valence-corrected chi connectivity index (χ1v) is 7.02. The Labute approximate surface area is 130 Å². The zero-order valence-electron chi connectivity index (χ0n) is 11.7. The average Bonchev–Trinajstić information content (AvgIpc) is 2.52. The molecule has 3 rings (SSSR count). The van der Waals surface area contributed by atoms with E-state index in [2.05, 4.69) is 0 Å². The molecule has 0 unspecified atom stereocenters. The Kier molecular flexibility index (Phi) is 3.86. The molecule has 0 N–H and O–H groups in total. The first-order valence-electron chi connectivity index (χ1n) is 6.64. The number of fused-ring (bicyclic) bond motifs is 1. The van der Waals surface area contributed by atoms with Crippen LogP contribution in [0.1, 0.15) is 11.1 Å². The smallest absolute Gasteiger partial charge is 0.211 e. The van der Waals surface area contributed by atoms with Crippen molar-refractivity contribution < 1.29 is 13.5 Å². The van der Waals surface area contributed by atoms with E-state index >= 15 is 0 Å². The fourth-order valence-corrected chi connectivity index (χ4v) is 2.37. The predicted octanol–water partition coefficient (Wildman–Crippen LogP) is 4.47. The molecule has 0 aliphatic carbocycles. The number of ether oxygens (including phenoxy) is 1. The van der Waals surface area contributed by atoms with Gasteiger partial charge in [-0.05, 0) is 25.1 Å². The Bertz CT molecular complexity index is 902. The van der Waals surface area contributed by atoms with Gasteiger partial charge in [0, 0.05) is 11.1 Å². The molecular weight excluding hydrogens is 307 g/mol. The van der Waals surface area contributed by atoms with E-state index in [0.717, 1.165) is 0 Å². The molecular formula is C17H12ClFO3. The summed E-state index contributed by atoms with van der Waals surface area (Å²) in [7, 11) is 0. The highest BCUT2D eigenvalue weighted by atomic mass is 35.5. The van der Waals surface area contributed by atoms with E-state index in [9.17, 15) is 9.18 Å². The van der Waals surface area contributed by atoms with Gasteiger partial charge >= 0.3 is 0 Å². The van der Waals surface area contributed by atoms with Crippen molar-refractivity contribution in [2.24, 2.45) is 0 Å². The van der Waals surface area contributed by atoms with Gasteiger partial charge < -0.3 is 9.15 Å². The van der Waals surface area contributed by atoms with Gasteiger partial charge in [0.1, 0.15) is 35.0 Å². The highest BCUT2D eigenvalue weighted by Gasteiger charge is 2.12. The van der Waals surface area contributed by atoms with Crippen LogP contribution in [0.3, 0.4) is 0 Å².